The van der Waals surface area contributed by atoms with E-state index in [1.807, 2.05) is 0 Å². The number of hydrogen-bond acceptors (Lipinski definition) is 3. The summed E-state index contributed by atoms with van der Waals surface area (Å²) in [4.78, 5) is 17.6. The Morgan fingerprint density at radius 3 is 3.00 bits per heavy atom. The van der Waals surface area contributed by atoms with Crippen LogP contribution in [0.4, 0.5) is 5.69 Å². The Morgan fingerprint density at radius 1 is 1.54 bits per heavy atom. The molecule has 0 aromatic carbocycles. The highest BCUT2D eigenvalue weighted by Gasteiger charge is 2.08. The summed E-state index contributed by atoms with van der Waals surface area (Å²) in [6.45, 7) is 0. The van der Waals surface area contributed by atoms with E-state index in [0.29, 0.717) is 11.0 Å². The Hall–Kier alpha value is -1.62. The van der Waals surface area contributed by atoms with Crippen molar-refractivity contribution in [3.8, 4) is 0 Å². The van der Waals surface area contributed by atoms with Crippen LogP contribution in [0.2, 0.25) is 5.15 Å². The third-order valence-corrected chi connectivity index (χ3v) is 1.83. The average molecular weight is 197 g/mol. The number of rotatable bonds is 1. The maximum atomic E-state index is 10.5. The summed E-state index contributed by atoms with van der Waals surface area (Å²) in [7, 11) is 0. The Morgan fingerprint density at radius 2 is 2.31 bits per heavy atom. The van der Waals surface area contributed by atoms with Crippen LogP contribution in [0, 0.1) is 10.1 Å². The summed E-state index contributed by atoms with van der Waals surface area (Å²) in [5.41, 5.74) is 0.262. The molecule has 0 aliphatic heterocycles. The fourth-order valence-corrected chi connectivity index (χ4v) is 1.20. The van der Waals surface area contributed by atoms with Crippen molar-refractivity contribution in [2.75, 3.05) is 0 Å². The number of fused-ring (bicyclic) bond motifs is 1. The van der Waals surface area contributed by atoms with Gasteiger partial charge >= 0.3 is 0 Å². The Kier molecular flexibility index (Phi) is 1.66. The van der Waals surface area contributed by atoms with Crippen molar-refractivity contribution in [3.05, 3.63) is 33.6 Å². The molecule has 2 heterocycles. The van der Waals surface area contributed by atoms with Gasteiger partial charge in [-0.2, -0.15) is 0 Å². The van der Waals surface area contributed by atoms with Crippen molar-refractivity contribution < 1.29 is 4.92 Å². The highest BCUT2D eigenvalue weighted by molar-refractivity contribution is 6.29. The standard InChI is InChI=1S/C7H3ClN3O2/c8-6-2-1-4-5(11(12)13)3-9-7(4)10-6/h1-3H/q-1. The first kappa shape index (κ1) is 8.00. The van der Waals surface area contributed by atoms with Gasteiger partial charge in [0.25, 0.3) is 5.69 Å². The first-order chi connectivity index (χ1) is 6.18. The van der Waals surface area contributed by atoms with Crippen molar-refractivity contribution >= 4 is 28.3 Å². The number of halogens is 1. The molecular formula is C7H3ClN3O2-. The normalized spacial score (nSPS) is 10.5. The van der Waals surface area contributed by atoms with E-state index in [1.54, 1.807) is 0 Å². The molecule has 6 heteroatoms. The predicted molar refractivity (Wildman–Crippen MR) is 46.7 cm³/mol. The van der Waals surface area contributed by atoms with Gasteiger partial charge in [0.15, 0.2) is 0 Å². The number of nitrogens with zero attached hydrogens (tertiary/aromatic N) is 3. The van der Waals surface area contributed by atoms with Gasteiger partial charge in [-0.25, -0.2) is 0 Å². The minimum atomic E-state index is -0.495. The summed E-state index contributed by atoms with van der Waals surface area (Å²) >= 11 is 5.59. The molecular weight excluding hydrogens is 194 g/mol. The highest BCUT2D eigenvalue weighted by Crippen LogP contribution is 2.23. The lowest BCUT2D eigenvalue weighted by Crippen LogP contribution is -1.85. The van der Waals surface area contributed by atoms with Crippen LogP contribution in [0.3, 0.4) is 0 Å². The summed E-state index contributed by atoms with van der Waals surface area (Å²) in [5.74, 6) is 0. The molecule has 0 saturated heterocycles. The quantitative estimate of drug-likeness (QED) is 0.396. The van der Waals surface area contributed by atoms with Crippen LogP contribution in [-0.2, 0) is 0 Å². The minimum Gasteiger partial charge on any atom is -0.436 e. The molecule has 0 bridgehead atoms. The van der Waals surface area contributed by atoms with E-state index in [1.165, 1.54) is 18.3 Å². The average Bonchev–Trinajstić information content (AvgIpc) is 2.46. The second-order valence-corrected chi connectivity index (χ2v) is 2.79. The maximum absolute atomic E-state index is 10.5. The Bertz CT molecular complexity index is 480. The topological polar surface area (TPSA) is 70.1 Å². The van der Waals surface area contributed by atoms with Gasteiger partial charge in [-0.15, -0.1) is 0 Å². The molecule has 0 atom stereocenters. The third kappa shape index (κ3) is 1.23. The van der Waals surface area contributed by atoms with Gasteiger partial charge in [-0.05, 0) is 17.8 Å². The van der Waals surface area contributed by atoms with Crippen LogP contribution in [0.5, 0.6) is 0 Å². The van der Waals surface area contributed by atoms with Crippen molar-refractivity contribution in [2.45, 2.75) is 0 Å². The largest absolute Gasteiger partial charge is 0.436 e. The number of hydrogen-bond donors (Lipinski definition) is 0. The predicted octanol–water partition coefficient (Wildman–Crippen LogP) is 1.75. The molecule has 0 N–H and O–H groups in total. The van der Waals surface area contributed by atoms with Gasteiger partial charge < -0.3 is 9.97 Å². The summed E-state index contributed by atoms with van der Waals surface area (Å²) in [6, 6.07) is 3.04. The van der Waals surface area contributed by atoms with Crippen LogP contribution in [0.25, 0.3) is 11.0 Å². The van der Waals surface area contributed by atoms with E-state index >= 15 is 0 Å². The fourth-order valence-electron chi connectivity index (χ4n) is 1.06. The summed E-state index contributed by atoms with van der Waals surface area (Å²) in [6.07, 6.45) is 1.17. The SMILES string of the molecule is O=[N+]([O-])c1c[n-]c2nc(Cl)ccc12. The fraction of sp³-hybridized carbons (Fsp3) is 0. The van der Waals surface area contributed by atoms with Gasteiger partial charge in [0.05, 0.1) is 10.3 Å². The lowest BCUT2D eigenvalue weighted by molar-refractivity contribution is -0.383. The molecule has 5 nitrogen and oxygen atoms in total. The maximum Gasteiger partial charge on any atom is 0.272 e. The van der Waals surface area contributed by atoms with Crippen LogP contribution in [-0.4, -0.2) is 9.91 Å². The van der Waals surface area contributed by atoms with Crippen molar-refractivity contribution in [2.24, 2.45) is 0 Å². The van der Waals surface area contributed by atoms with Crippen LogP contribution >= 0.6 is 11.6 Å². The molecule has 0 amide bonds. The molecule has 0 aliphatic carbocycles. The first-order valence-corrected chi connectivity index (χ1v) is 3.78. The van der Waals surface area contributed by atoms with Crippen LogP contribution < -0.4 is 4.98 Å². The molecule has 2 aromatic heterocycles. The van der Waals surface area contributed by atoms with Crippen molar-refractivity contribution in [1.82, 2.24) is 9.97 Å². The van der Waals surface area contributed by atoms with Gasteiger partial charge in [0, 0.05) is 11.3 Å². The van der Waals surface area contributed by atoms with E-state index in [9.17, 15) is 10.1 Å². The molecule has 0 fully saturated rings. The molecule has 2 aromatic rings. The third-order valence-electron chi connectivity index (χ3n) is 1.62. The second kappa shape index (κ2) is 2.70. The van der Waals surface area contributed by atoms with Gasteiger partial charge in [-0.1, -0.05) is 11.6 Å². The summed E-state index contributed by atoms with van der Waals surface area (Å²) < 4.78 is 0. The van der Waals surface area contributed by atoms with E-state index in [0.717, 1.165) is 0 Å². The van der Waals surface area contributed by atoms with E-state index in [-0.39, 0.29) is 10.8 Å². The Balaban J connectivity index is 2.76. The molecule has 0 radical (unpaired) electrons. The molecule has 0 spiro atoms. The van der Waals surface area contributed by atoms with Crippen molar-refractivity contribution in [1.29, 1.82) is 0 Å². The van der Waals surface area contributed by atoms with Crippen LogP contribution in [0.1, 0.15) is 0 Å². The van der Waals surface area contributed by atoms with Crippen LogP contribution in [0.15, 0.2) is 18.3 Å². The number of aromatic nitrogens is 2. The zero-order chi connectivity index (χ0) is 9.42. The van der Waals surface area contributed by atoms with Crippen molar-refractivity contribution in [3.63, 3.8) is 0 Å². The van der Waals surface area contributed by atoms with E-state index in [2.05, 4.69) is 9.97 Å². The molecule has 66 valence electrons. The zero-order valence-corrected chi connectivity index (χ0v) is 7.02. The molecule has 2 rings (SSSR count). The number of nitro groups is 1. The van der Waals surface area contributed by atoms with Gasteiger partial charge in [0.1, 0.15) is 0 Å². The smallest absolute Gasteiger partial charge is 0.272 e. The molecule has 0 unspecified atom stereocenters. The first-order valence-electron chi connectivity index (χ1n) is 3.41. The van der Waals surface area contributed by atoms with E-state index < -0.39 is 4.92 Å². The van der Waals surface area contributed by atoms with E-state index in [4.69, 9.17) is 11.6 Å². The monoisotopic (exact) mass is 196 g/mol. The minimum absolute atomic E-state index is 0.0424. The molecule has 13 heavy (non-hydrogen) atoms. The lowest BCUT2D eigenvalue weighted by atomic mass is 10.3. The summed E-state index contributed by atoms with van der Waals surface area (Å²) in [5, 5.41) is 11.2. The highest BCUT2D eigenvalue weighted by atomic mass is 35.5. The number of pyridine rings is 1. The Labute approximate surface area is 77.5 Å². The molecule has 0 aliphatic rings. The van der Waals surface area contributed by atoms with Gasteiger partial charge in [0.2, 0.25) is 0 Å². The second-order valence-electron chi connectivity index (χ2n) is 2.41. The zero-order valence-electron chi connectivity index (χ0n) is 6.27. The lowest BCUT2D eigenvalue weighted by Gasteiger charge is -1.98. The van der Waals surface area contributed by atoms with Gasteiger partial charge in [-0.3, -0.25) is 10.1 Å². The molecule has 0 saturated carbocycles.